The predicted octanol–water partition coefficient (Wildman–Crippen LogP) is 3.05. The number of carbonyl (C=O) groups excluding carboxylic acids is 1. The van der Waals surface area contributed by atoms with Crippen LogP contribution >= 0.6 is 0 Å². The van der Waals surface area contributed by atoms with E-state index < -0.39 is 0 Å². The zero-order chi connectivity index (χ0) is 15.5. The quantitative estimate of drug-likeness (QED) is 0.709. The van der Waals surface area contributed by atoms with Gasteiger partial charge in [-0.2, -0.15) is 0 Å². The summed E-state index contributed by atoms with van der Waals surface area (Å²) in [6, 6.07) is 16.1. The number of ketones is 1. The molecule has 0 saturated heterocycles. The smallest absolute Gasteiger partial charge is 0.228 e. The van der Waals surface area contributed by atoms with E-state index in [0.29, 0.717) is 23.3 Å². The highest BCUT2D eigenvalue weighted by Gasteiger charge is 2.15. The van der Waals surface area contributed by atoms with Crippen LogP contribution < -0.4 is 5.73 Å². The first-order valence-corrected chi connectivity index (χ1v) is 7.18. The van der Waals surface area contributed by atoms with Crippen LogP contribution in [0, 0.1) is 0 Å². The Morgan fingerprint density at radius 3 is 2.64 bits per heavy atom. The number of aliphatic hydroxyl groups excluding tert-OH is 1. The number of aliphatic hydroxyl groups is 1. The van der Waals surface area contributed by atoms with Gasteiger partial charge in [0.1, 0.15) is 5.58 Å². The Morgan fingerprint density at radius 1 is 1.14 bits per heavy atom. The van der Waals surface area contributed by atoms with E-state index in [9.17, 15) is 4.79 Å². The maximum absolute atomic E-state index is 12.4. The van der Waals surface area contributed by atoms with Gasteiger partial charge in [-0.3, -0.25) is 4.79 Å². The third-order valence-corrected chi connectivity index (χ3v) is 3.67. The minimum Gasteiger partial charge on any atom is -0.453 e. The Morgan fingerprint density at radius 2 is 1.91 bits per heavy atom. The second-order valence-electron chi connectivity index (χ2n) is 5.22. The summed E-state index contributed by atoms with van der Waals surface area (Å²) in [4.78, 5) is 12.4. The van der Waals surface area contributed by atoms with E-state index in [2.05, 4.69) is 0 Å². The topological polar surface area (TPSA) is 76.5 Å². The first-order valence-electron chi connectivity index (χ1n) is 7.18. The number of hydrogen-bond acceptors (Lipinski definition) is 4. The Bertz CT molecular complexity index is 792. The van der Waals surface area contributed by atoms with Crippen LogP contribution in [0.15, 0.2) is 59.0 Å². The fraction of sp³-hybridized carbons (Fsp3) is 0.167. The molecule has 2 aromatic carbocycles. The molecular weight excluding hydrogens is 278 g/mol. The molecule has 3 rings (SSSR count). The second kappa shape index (κ2) is 6.13. The monoisotopic (exact) mass is 295 g/mol. The molecule has 22 heavy (non-hydrogen) atoms. The molecule has 0 fully saturated rings. The van der Waals surface area contributed by atoms with Crippen molar-refractivity contribution in [2.24, 2.45) is 5.73 Å². The largest absolute Gasteiger partial charge is 0.453 e. The van der Waals surface area contributed by atoms with E-state index in [4.69, 9.17) is 15.3 Å². The molecular formula is C18H17NO3. The molecule has 1 aromatic heterocycles. The van der Waals surface area contributed by atoms with Crippen molar-refractivity contribution in [2.45, 2.75) is 12.5 Å². The summed E-state index contributed by atoms with van der Waals surface area (Å²) < 4.78 is 5.64. The molecule has 0 aliphatic rings. The number of rotatable bonds is 5. The van der Waals surface area contributed by atoms with E-state index >= 15 is 0 Å². The van der Waals surface area contributed by atoms with Crippen molar-refractivity contribution < 1.29 is 14.3 Å². The van der Waals surface area contributed by atoms with Crippen LogP contribution in [0.1, 0.15) is 34.1 Å². The van der Waals surface area contributed by atoms with Gasteiger partial charge in [0.05, 0.1) is 0 Å². The zero-order valence-electron chi connectivity index (χ0n) is 12.0. The predicted molar refractivity (Wildman–Crippen MR) is 84.7 cm³/mol. The highest BCUT2D eigenvalue weighted by atomic mass is 16.3. The number of hydrogen-bond donors (Lipinski definition) is 2. The van der Waals surface area contributed by atoms with Gasteiger partial charge in [0.25, 0.3) is 0 Å². The number of furan rings is 1. The summed E-state index contributed by atoms with van der Waals surface area (Å²) in [6.07, 6.45) is 0.499. The standard InChI is InChI=1S/C18H17NO3/c19-15(8-9-20)13-6-7-16-14(10-13)11-17(22-16)18(21)12-4-2-1-3-5-12/h1-7,10-11,15,20H,8-9,19H2. The summed E-state index contributed by atoms with van der Waals surface area (Å²) >= 11 is 0. The molecule has 1 unspecified atom stereocenters. The molecule has 0 spiro atoms. The lowest BCUT2D eigenvalue weighted by Gasteiger charge is -2.09. The number of carbonyl (C=O) groups is 1. The molecule has 0 aliphatic carbocycles. The number of nitrogens with two attached hydrogens (primary N) is 1. The average molecular weight is 295 g/mol. The lowest BCUT2D eigenvalue weighted by atomic mass is 10.0. The molecule has 1 heterocycles. The van der Waals surface area contributed by atoms with E-state index in [1.165, 1.54) is 0 Å². The Kier molecular flexibility index (Phi) is 4.04. The van der Waals surface area contributed by atoms with Crippen molar-refractivity contribution in [3.05, 3.63) is 71.5 Å². The van der Waals surface area contributed by atoms with Gasteiger partial charge in [-0.05, 0) is 30.2 Å². The first-order chi connectivity index (χ1) is 10.7. The Labute approximate surface area is 128 Å². The van der Waals surface area contributed by atoms with Crippen LogP contribution in [0.25, 0.3) is 11.0 Å². The summed E-state index contributed by atoms with van der Waals surface area (Å²) in [5.41, 5.74) is 8.16. The fourth-order valence-electron chi connectivity index (χ4n) is 2.44. The van der Waals surface area contributed by atoms with Crippen molar-refractivity contribution in [3.8, 4) is 0 Å². The Hall–Kier alpha value is -2.43. The number of fused-ring (bicyclic) bond motifs is 1. The SMILES string of the molecule is NC(CCO)c1ccc2oc(C(=O)c3ccccc3)cc2c1. The van der Waals surface area contributed by atoms with Gasteiger partial charge >= 0.3 is 0 Å². The van der Waals surface area contributed by atoms with E-state index in [1.807, 2.05) is 36.4 Å². The molecule has 0 radical (unpaired) electrons. The van der Waals surface area contributed by atoms with Gasteiger partial charge in [0.2, 0.25) is 5.78 Å². The van der Waals surface area contributed by atoms with Crippen LogP contribution in [0.4, 0.5) is 0 Å². The van der Waals surface area contributed by atoms with Gasteiger partial charge in [-0.1, -0.05) is 36.4 Å². The molecule has 112 valence electrons. The Balaban J connectivity index is 1.95. The van der Waals surface area contributed by atoms with Crippen LogP contribution in [0.5, 0.6) is 0 Å². The third kappa shape index (κ3) is 2.79. The lowest BCUT2D eigenvalue weighted by molar-refractivity contribution is 0.101. The molecule has 1 atom stereocenters. The van der Waals surface area contributed by atoms with Gasteiger partial charge in [-0.15, -0.1) is 0 Å². The van der Waals surface area contributed by atoms with E-state index in [-0.39, 0.29) is 18.4 Å². The molecule has 3 N–H and O–H groups in total. The molecule has 0 bridgehead atoms. The molecule has 4 heteroatoms. The highest BCUT2D eigenvalue weighted by Crippen LogP contribution is 2.25. The summed E-state index contributed by atoms with van der Waals surface area (Å²) in [5.74, 6) is 0.173. The normalized spacial score (nSPS) is 12.5. The maximum atomic E-state index is 12.4. The van der Waals surface area contributed by atoms with Crippen LogP contribution in [-0.2, 0) is 0 Å². The summed E-state index contributed by atoms with van der Waals surface area (Å²) in [7, 11) is 0. The van der Waals surface area contributed by atoms with Crippen molar-refractivity contribution in [1.29, 1.82) is 0 Å². The van der Waals surface area contributed by atoms with Crippen molar-refractivity contribution in [1.82, 2.24) is 0 Å². The van der Waals surface area contributed by atoms with Crippen LogP contribution in [0.2, 0.25) is 0 Å². The molecule has 0 saturated carbocycles. The fourth-order valence-corrected chi connectivity index (χ4v) is 2.44. The molecule has 4 nitrogen and oxygen atoms in total. The lowest BCUT2D eigenvalue weighted by Crippen LogP contribution is -2.11. The first kappa shape index (κ1) is 14.5. The number of benzene rings is 2. The van der Waals surface area contributed by atoms with Gasteiger partial charge in [-0.25, -0.2) is 0 Å². The van der Waals surface area contributed by atoms with Gasteiger partial charge in [0, 0.05) is 23.6 Å². The van der Waals surface area contributed by atoms with Gasteiger partial charge < -0.3 is 15.3 Å². The van der Waals surface area contributed by atoms with Crippen molar-refractivity contribution in [3.63, 3.8) is 0 Å². The van der Waals surface area contributed by atoms with Crippen molar-refractivity contribution in [2.75, 3.05) is 6.61 Å². The van der Waals surface area contributed by atoms with Crippen LogP contribution in [-0.4, -0.2) is 17.5 Å². The minimum absolute atomic E-state index is 0.0440. The van der Waals surface area contributed by atoms with E-state index in [1.54, 1.807) is 18.2 Å². The van der Waals surface area contributed by atoms with Crippen LogP contribution in [0.3, 0.4) is 0 Å². The summed E-state index contributed by atoms with van der Waals surface area (Å²) in [5, 5.41) is 9.81. The minimum atomic E-state index is -0.224. The summed E-state index contributed by atoms with van der Waals surface area (Å²) in [6.45, 7) is 0.0440. The van der Waals surface area contributed by atoms with E-state index in [0.717, 1.165) is 10.9 Å². The maximum Gasteiger partial charge on any atom is 0.228 e. The molecule has 3 aromatic rings. The second-order valence-corrected chi connectivity index (χ2v) is 5.22. The molecule has 0 amide bonds. The van der Waals surface area contributed by atoms with Crippen molar-refractivity contribution >= 4 is 16.8 Å². The molecule has 0 aliphatic heterocycles. The zero-order valence-corrected chi connectivity index (χ0v) is 12.0. The highest BCUT2D eigenvalue weighted by molar-refractivity contribution is 6.08. The van der Waals surface area contributed by atoms with Gasteiger partial charge in [0.15, 0.2) is 5.76 Å². The third-order valence-electron chi connectivity index (χ3n) is 3.67. The average Bonchev–Trinajstić information content (AvgIpc) is 2.98.